The fourth-order valence-electron chi connectivity index (χ4n) is 5.32. The van der Waals surface area contributed by atoms with E-state index in [9.17, 15) is 14.4 Å². The van der Waals surface area contributed by atoms with Gasteiger partial charge in [-0.25, -0.2) is 4.79 Å². The Labute approximate surface area is 204 Å². The summed E-state index contributed by atoms with van der Waals surface area (Å²) in [6.07, 6.45) is 1.94. The van der Waals surface area contributed by atoms with Crippen LogP contribution in [0.15, 0.2) is 48.5 Å². The maximum Gasteiger partial charge on any atom is 0.407 e. The highest BCUT2D eigenvalue weighted by molar-refractivity contribution is 5.86. The molecule has 1 aliphatic heterocycles. The first-order chi connectivity index (χ1) is 17.0. The fraction of sp³-hybridized carbons (Fsp3) is 0.444. The van der Waals surface area contributed by atoms with Crippen LogP contribution in [0.4, 0.5) is 4.79 Å². The van der Waals surface area contributed by atoms with Crippen LogP contribution in [0.3, 0.4) is 0 Å². The SMILES string of the molecule is O=C(O)CN1CCCN(C(=O)C(NC(=O)OCC2c3ccccc3-c3ccccc32)C2CC2)CC1. The Morgan fingerprint density at radius 2 is 1.60 bits per heavy atom. The standard InChI is InChI=1S/C27H31N3O5/c31-24(32)16-29-12-5-13-30(15-14-29)26(33)25(18-10-11-18)28-27(34)35-17-23-21-8-3-1-6-19(21)20-7-2-4-9-22(20)23/h1-4,6-9,18,23,25H,5,10-17H2,(H,28,34)(H,31,32). The summed E-state index contributed by atoms with van der Waals surface area (Å²) < 4.78 is 5.68. The minimum atomic E-state index is -0.863. The van der Waals surface area contributed by atoms with Crippen LogP contribution in [0.5, 0.6) is 0 Å². The van der Waals surface area contributed by atoms with Gasteiger partial charge < -0.3 is 20.1 Å². The number of carboxylic acid groups (broad SMARTS) is 1. The molecule has 2 N–H and O–H groups in total. The highest BCUT2D eigenvalue weighted by atomic mass is 16.5. The molecule has 1 unspecified atom stereocenters. The molecule has 0 aromatic heterocycles. The third kappa shape index (κ3) is 5.17. The van der Waals surface area contributed by atoms with Crippen LogP contribution >= 0.6 is 0 Å². The van der Waals surface area contributed by atoms with Crippen LogP contribution in [0, 0.1) is 5.92 Å². The van der Waals surface area contributed by atoms with Crippen LogP contribution in [0.1, 0.15) is 36.3 Å². The zero-order valence-corrected chi connectivity index (χ0v) is 19.7. The van der Waals surface area contributed by atoms with Gasteiger partial charge in [0.25, 0.3) is 0 Å². The summed E-state index contributed by atoms with van der Waals surface area (Å²) in [6, 6.07) is 15.8. The van der Waals surface area contributed by atoms with E-state index >= 15 is 0 Å². The monoisotopic (exact) mass is 477 g/mol. The number of ether oxygens (including phenoxy) is 1. The molecule has 0 radical (unpaired) electrons. The molecular formula is C27H31N3O5. The van der Waals surface area contributed by atoms with Gasteiger partial charge in [-0.05, 0) is 47.4 Å². The van der Waals surface area contributed by atoms with Crippen molar-refractivity contribution in [3.8, 4) is 11.1 Å². The Balaban J connectivity index is 1.20. The third-order valence-corrected chi connectivity index (χ3v) is 7.24. The Morgan fingerprint density at radius 1 is 0.943 bits per heavy atom. The molecule has 1 saturated carbocycles. The molecule has 8 nitrogen and oxygen atoms in total. The lowest BCUT2D eigenvalue weighted by atomic mass is 9.98. The van der Waals surface area contributed by atoms with Gasteiger partial charge >= 0.3 is 12.1 Å². The minimum absolute atomic E-state index is 0.0217. The summed E-state index contributed by atoms with van der Waals surface area (Å²) in [5.74, 6) is -0.869. The van der Waals surface area contributed by atoms with Crippen LogP contribution in [-0.4, -0.2) is 78.2 Å². The number of aliphatic carboxylic acids is 1. The molecule has 1 atom stereocenters. The smallest absolute Gasteiger partial charge is 0.407 e. The number of hydrogen-bond acceptors (Lipinski definition) is 5. The number of nitrogens with one attached hydrogen (secondary N) is 1. The first kappa shape index (κ1) is 23.4. The van der Waals surface area contributed by atoms with E-state index in [-0.39, 0.29) is 30.9 Å². The number of amides is 2. The lowest BCUT2D eigenvalue weighted by Crippen LogP contribution is -2.51. The van der Waals surface area contributed by atoms with E-state index in [2.05, 4.69) is 29.6 Å². The Hall–Kier alpha value is -3.39. The second-order valence-corrected chi connectivity index (χ2v) is 9.63. The van der Waals surface area contributed by atoms with Crippen molar-refractivity contribution in [2.75, 3.05) is 39.3 Å². The average Bonchev–Trinajstić information content (AvgIpc) is 3.67. The molecular weight excluding hydrogens is 446 g/mol. The lowest BCUT2D eigenvalue weighted by molar-refractivity contribution is -0.138. The van der Waals surface area contributed by atoms with Crippen LogP contribution in [-0.2, 0) is 14.3 Å². The molecule has 2 aliphatic carbocycles. The van der Waals surface area contributed by atoms with Crippen molar-refractivity contribution < 1.29 is 24.2 Å². The first-order valence-corrected chi connectivity index (χ1v) is 12.4. The van der Waals surface area contributed by atoms with E-state index in [0.29, 0.717) is 32.6 Å². The van der Waals surface area contributed by atoms with Crippen LogP contribution < -0.4 is 5.32 Å². The zero-order valence-electron chi connectivity index (χ0n) is 19.7. The Morgan fingerprint density at radius 3 is 2.23 bits per heavy atom. The molecule has 2 fully saturated rings. The number of nitrogens with zero attached hydrogens (tertiary/aromatic N) is 2. The van der Waals surface area contributed by atoms with Crippen molar-refractivity contribution in [1.82, 2.24) is 15.1 Å². The quantitative estimate of drug-likeness (QED) is 0.636. The second kappa shape index (κ2) is 10.1. The molecule has 5 rings (SSSR count). The van der Waals surface area contributed by atoms with E-state index in [1.807, 2.05) is 29.2 Å². The molecule has 1 heterocycles. The van der Waals surface area contributed by atoms with Gasteiger partial charge in [-0.2, -0.15) is 0 Å². The maximum atomic E-state index is 13.3. The second-order valence-electron chi connectivity index (χ2n) is 9.63. The minimum Gasteiger partial charge on any atom is -0.480 e. The van der Waals surface area contributed by atoms with Gasteiger partial charge in [0.15, 0.2) is 0 Å². The van der Waals surface area contributed by atoms with Crippen LogP contribution in [0.2, 0.25) is 0 Å². The molecule has 8 heteroatoms. The Bertz CT molecular complexity index is 1070. The van der Waals surface area contributed by atoms with Crippen molar-refractivity contribution in [2.45, 2.75) is 31.2 Å². The van der Waals surface area contributed by atoms with E-state index < -0.39 is 18.1 Å². The molecule has 2 aromatic rings. The molecule has 0 bridgehead atoms. The van der Waals surface area contributed by atoms with Gasteiger partial charge in [0.1, 0.15) is 12.6 Å². The molecule has 35 heavy (non-hydrogen) atoms. The summed E-state index contributed by atoms with van der Waals surface area (Å²) in [6.45, 7) is 2.36. The maximum absolute atomic E-state index is 13.3. The number of carbonyl (C=O) groups excluding carboxylic acids is 2. The Kier molecular flexibility index (Phi) is 6.72. The number of hydrogen-bond donors (Lipinski definition) is 2. The summed E-state index contributed by atoms with van der Waals surface area (Å²) in [7, 11) is 0. The largest absolute Gasteiger partial charge is 0.480 e. The van der Waals surface area contributed by atoms with Gasteiger partial charge in [0.2, 0.25) is 5.91 Å². The van der Waals surface area contributed by atoms with E-state index in [0.717, 1.165) is 24.0 Å². The predicted molar refractivity (Wildman–Crippen MR) is 130 cm³/mol. The number of carbonyl (C=O) groups is 3. The normalized spacial score (nSPS) is 18.8. The highest BCUT2D eigenvalue weighted by Gasteiger charge is 2.40. The van der Waals surface area contributed by atoms with E-state index in [1.54, 1.807) is 4.90 Å². The lowest BCUT2D eigenvalue weighted by Gasteiger charge is -2.27. The molecule has 0 spiro atoms. The van der Waals surface area contributed by atoms with Crippen LogP contribution in [0.25, 0.3) is 11.1 Å². The van der Waals surface area contributed by atoms with Crippen molar-refractivity contribution in [2.24, 2.45) is 5.92 Å². The van der Waals surface area contributed by atoms with Crippen molar-refractivity contribution in [1.29, 1.82) is 0 Å². The molecule has 184 valence electrons. The topological polar surface area (TPSA) is 99.2 Å². The molecule has 3 aliphatic rings. The van der Waals surface area contributed by atoms with Gasteiger partial charge in [0, 0.05) is 32.1 Å². The molecule has 2 aromatic carbocycles. The number of fused-ring (bicyclic) bond motifs is 3. The van der Waals surface area contributed by atoms with Gasteiger partial charge in [-0.1, -0.05) is 48.5 Å². The summed E-state index contributed by atoms with van der Waals surface area (Å²) in [5.41, 5.74) is 4.63. The summed E-state index contributed by atoms with van der Waals surface area (Å²) in [4.78, 5) is 40.8. The van der Waals surface area contributed by atoms with E-state index in [4.69, 9.17) is 9.84 Å². The number of rotatable bonds is 7. The van der Waals surface area contributed by atoms with Crippen molar-refractivity contribution in [3.05, 3.63) is 59.7 Å². The van der Waals surface area contributed by atoms with Gasteiger partial charge in [-0.3, -0.25) is 14.5 Å². The van der Waals surface area contributed by atoms with Crippen molar-refractivity contribution in [3.63, 3.8) is 0 Å². The van der Waals surface area contributed by atoms with Gasteiger partial charge in [0.05, 0.1) is 6.54 Å². The van der Waals surface area contributed by atoms with Gasteiger partial charge in [-0.15, -0.1) is 0 Å². The molecule has 2 amide bonds. The summed E-state index contributed by atoms with van der Waals surface area (Å²) in [5, 5.41) is 11.9. The first-order valence-electron chi connectivity index (χ1n) is 12.4. The highest BCUT2D eigenvalue weighted by Crippen LogP contribution is 2.44. The zero-order chi connectivity index (χ0) is 24.4. The third-order valence-electron chi connectivity index (χ3n) is 7.24. The molecule has 1 saturated heterocycles. The number of alkyl carbamates (subject to hydrolysis) is 1. The number of benzene rings is 2. The van der Waals surface area contributed by atoms with Crippen molar-refractivity contribution >= 4 is 18.0 Å². The summed E-state index contributed by atoms with van der Waals surface area (Å²) >= 11 is 0. The van der Waals surface area contributed by atoms with E-state index in [1.165, 1.54) is 11.1 Å². The predicted octanol–water partition coefficient (Wildman–Crippen LogP) is 2.92. The number of carboxylic acids is 1. The fourth-order valence-corrected chi connectivity index (χ4v) is 5.32. The average molecular weight is 478 g/mol.